The molecule has 0 amide bonds. The van der Waals surface area contributed by atoms with Crippen molar-refractivity contribution in [3.8, 4) is 0 Å². The van der Waals surface area contributed by atoms with Crippen LogP contribution in [0.25, 0.3) is 0 Å². The number of Topliss-reactive ketones (excluding diaryl/α,β-unsaturated/α-hetero) is 1. The fraction of sp³-hybridized carbons (Fsp3) is 0.667. The van der Waals surface area contributed by atoms with Crippen molar-refractivity contribution in [1.82, 2.24) is 0 Å². The Hall–Kier alpha value is -1.04. The predicted molar refractivity (Wildman–Crippen MR) is 55.6 cm³/mol. The van der Waals surface area contributed by atoms with E-state index in [9.17, 15) is 14.4 Å². The van der Waals surface area contributed by atoms with E-state index in [1.165, 1.54) is 25.8 Å². The minimum atomic E-state index is -0.527. The quantitative estimate of drug-likeness (QED) is 0.361. The number of carbonyl (C=O) groups excluding carboxylic acids is 3. The van der Waals surface area contributed by atoms with Crippen molar-refractivity contribution in [2.45, 2.75) is 13.3 Å². The zero-order valence-corrected chi connectivity index (χ0v) is 9.59. The van der Waals surface area contributed by atoms with Crippen molar-refractivity contribution < 1.29 is 23.9 Å². The molecular formula is C9H14O5S. The molecule has 0 unspecified atom stereocenters. The minimum absolute atomic E-state index is 0.185. The summed E-state index contributed by atoms with van der Waals surface area (Å²) >= 11 is 1.32. The standard InChI is InChI=1S/C9H14O5S/c1-7(10)14-3-4-15-6-8(11)5-9(12)13-2/h3-6H2,1-2H3. The lowest BCUT2D eigenvalue weighted by Gasteiger charge is -2.01. The smallest absolute Gasteiger partial charge is 0.313 e. The molecule has 0 saturated heterocycles. The Morgan fingerprint density at radius 1 is 1.27 bits per heavy atom. The van der Waals surface area contributed by atoms with E-state index in [4.69, 9.17) is 0 Å². The van der Waals surface area contributed by atoms with Gasteiger partial charge in [0.2, 0.25) is 0 Å². The number of thioether (sulfide) groups is 1. The van der Waals surface area contributed by atoms with E-state index in [-0.39, 0.29) is 30.5 Å². The summed E-state index contributed by atoms with van der Waals surface area (Å²) in [5.41, 5.74) is 0. The molecule has 0 fully saturated rings. The van der Waals surface area contributed by atoms with E-state index in [0.717, 1.165) is 0 Å². The molecule has 0 heterocycles. The van der Waals surface area contributed by atoms with Gasteiger partial charge < -0.3 is 9.47 Å². The molecule has 0 bridgehead atoms. The molecule has 0 aromatic rings. The predicted octanol–water partition coefficient (Wildman–Crippen LogP) is 0.415. The largest absolute Gasteiger partial charge is 0.469 e. The van der Waals surface area contributed by atoms with Crippen LogP contribution in [0, 0.1) is 0 Å². The summed E-state index contributed by atoms with van der Waals surface area (Å²) in [6, 6.07) is 0. The Balaban J connectivity index is 3.39. The zero-order chi connectivity index (χ0) is 11.7. The van der Waals surface area contributed by atoms with Crippen molar-refractivity contribution in [3.63, 3.8) is 0 Å². The van der Waals surface area contributed by atoms with Gasteiger partial charge in [0, 0.05) is 12.7 Å². The monoisotopic (exact) mass is 234 g/mol. The summed E-state index contributed by atoms with van der Waals surface area (Å²) in [5, 5.41) is 0. The summed E-state index contributed by atoms with van der Waals surface area (Å²) in [4.78, 5) is 32.1. The molecule has 6 heteroatoms. The summed E-state index contributed by atoms with van der Waals surface area (Å²) in [6.45, 7) is 1.61. The first kappa shape index (κ1) is 14.0. The highest BCUT2D eigenvalue weighted by molar-refractivity contribution is 7.99. The molecule has 0 spiro atoms. The average Bonchev–Trinajstić information content (AvgIpc) is 2.16. The molecule has 0 aliphatic carbocycles. The molecule has 0 aliphatic heterocycles. The first-order valence-electron chi connectivity index (χ1n) is 4.36. The van der Waals surface area contributed by atoms with E-state index in [1.807, 2.05) is 0 Å². The number of ether oxygens (including phenoxy) is 2. The summed E-state index contributed by atoms with van der Waals surface area (Å²) < 4.78 is 9.00. The molecule has 15 heavy (non-hydrogen) atoms. The molecule has 0 aliphatic rings. The van der Waals surface area contributed by atoms with Crippen LogP contribution in [0.5, 0.6) is 0 Å². The van der Waals surface area contributed by atoms with Gasteiger partial charge in [-0.25, -0.2) is 0 Å². The Labute approximate surface area is 92.5 Å². The number of rotatable bonds is 7. The van der Waals surface area contributed by atoms with E-state index < -0.39 is 5.97 Å². The maximum atomic E-state index is 11.1. The number of esters is 2. The summed E-state index contributed by atoms with van der Waals surface area (Å²) in [7, 11) is 1.24. The molecule has 0 atom stereocenters. The summed E-state index contributed by atoms with van der Waals surface area (Å²) in [6.07, 6.45) is -0.197. The van der Waals surface area contributed by atoms with Crippen molar-refractivity contribution >= 4 is 29.5 Å². The third-order valence-electron chi connectivity index (χ3n) is 1.37. The highest BCUT2D eigenvalue weighted by atomic mass is 32.2. The van der Waals surface area contributed by atoms with E-state index in [1.54, 1.807) is 0 Å². The second-order valence-electron chi connectivity index (χ2n) is 2.68. The van der Waals surface area contributed by atoms with Crippen molar-refractivity contribution in [3.05, 3.63) is 0 Å². The van der Waals surface area contributed by atoms with Gasteiger partial charge in [-0.05, 0) is 0 Å². The van der Waals surface area contributed by atoms with Crippen LogP contribution in [0.15, 0.2) is 0 Å². The van der Waals surface area contributed by atoms with Crippen LogP contribution < -0.4 is 0 Å². The lowest BCUT2D eigenvalue weighted by molar-refractivity contribution is -0.143. The van der Waals surface area contributed by atoms with Crippen LogP contribution in [0.1, 0.15) is 13.3 Å². The van der Waals surface area contributed by atoms with Crippen LogP contribution in [0.2, 0.25) is 0 Å². The van der Waals surface area contributed by atoms with Gasteiger partial charge in [-0.1, -0.05) is 0 Å². The zero-order valence-electron chi connectivity index (χ0n) is 8.78. The third kappa shape index (κ3) is 9.27. The highest BCUT2D eigenvalue weighted by Gasteiger charge is 2.08. The lowest BCUT2D eigenvalue weighted by atomic mass is 10.3. The van der Waals surface area contributed by atoms with Gasteiger partial charge in [0.05, 0.1) is 12.9 Å². The molecule has 0 aromatic heterocycles. The van der Waals surface area contributed by atoms with Gasteiger partial charge in [0.15, 0.2) is 5.78 Å². The first-order chi connectivity index (χ1) is 7.06. The van der Waals surface area contributed by atoms with E-state index in [2.05, 4.69) is 9.47 Å². The van der Waals surface area contributed by atoms with Crippen LogP contribution in [0.4, 0.5) is 0 Å². The Kier molecular flexibility index (Phi) is 7.71. The van der Waals surface area contributed by atoms with E-state index in [0.29, 0.717) is 5.75 Å². The normalized spacial score (nSPS) is 9.47. The molecular weight excluding hydrogens is 220 g/mol. The van der Waals surface area contributed by atoms with Crippen LogP contribution in [-0.2, 0) is 23.9 Å². The van der Waals surface area contributed by atoms with Crippen molar-refractivity contribution in [2.75, 3.05) is 25.2 Å². The minimum Gasteiger partial charge on any atom is -0.469 e. The maximum Gasteiger partial charge on any atom is 0.313 e. The Morgan fingerprint density at radius 3 is 2.47 bits per heavy atom. The number of ketones is 1. The molecule has 86 valence electrons. The average molecular weight is 234 g/mol. The lowest BCUT2D eigenvalue weighted by Crippen LogP contribution is -2.12. The molecule has 0 rings (SSSR count). The number of carbonyl (C=O) groups is 3. The van der Waals surface area contributed by atoms with Crippen molar-refractivity contribution in [1.29, 1.82) is 0 Å². The van der Waals surface area contributed by atoms with Crippen LogP contribution in [0.3, 0.4) is 0 Å². The van der Waals surface area contributed by atoms with Gasteiger partial charge in [-0.15, -0.1) is 0 Å². The Morgan fingerprint density at radius 2 is 1.93 bits per heavy atom. The molecule has 5 nitrogen and oxygen atoms in total. The SMILES string of the molecule is COC(=O)CC(=O)CSCCOC(C)=O. The first-order valence-corrected chi connectivity index (χ1v) is 5.51. The molecule has 0 N–H and O–H groups in total. The van der Waals surface area contributed by atoms with Crippen molar-refractivity contribution in [2.24, 2.45) is 0 Å². The fourth-order valence-corrected chi connectivity index (χ4v) is 1.39. The van der Waals surface area contributed by atoms with E-state index >= 15 is 0 Å². The number of hydrogen-bond acceptors (Lipinski definition) is 6. The topological polar surface area (TPSA) is 69.7 Å². The van der Waals surface area contributed by atoms with Crippen LogP contribution in [-0.4, -0.2) is 42.9 Å². The van der Waals surface area contributed by atoms with Gasteiger partial charge in [-0.3, -0.25) is 14.4 Å². The fourth-order valence-electron chi connectivity index (χ4n) is 0.715. The van der Waals surface area contributed by atoms with Gasteiger partial charge >= 0.3 is 11.9 Å². The highest BCUT2D eigenvalue weighted by Crippen LogP contribution is 2.02. The number of hydrogen-bond donors (Lipinski definition) is 0. The second-order valence-corrected chi connectivity index (χ2v) is 3.79. The van der Waals surface area contributed by atoms with Crippen LogP contribution >= 0.6 is 11.8 Å². The maximum absolute atomic E-state index is 11.1. The Bertz CT molecular complexity index is 239. The number of methoxy groups -OCH3 is 1. The third-order valence-corrected chi connectivity index (χ3v) is 2.35. The molecule has 0 aromatic carbocycles. The van der Waals surface area contributed by atoms with Gasteiger partial charge in [0.25, 0.3) is 0 Å². The molecule has 0 saturated carbocycles. The van der Waals surface area contributed by atoms with Gasteiger partial charge in [-0.2, -0.15) is 11.8 Å². The van der Waals surface area contributed by atoms with Gasteiger partial charge in [0.1, 0.15) is 13.0 Å². The second kappa shape index (κ2) is 8.28. The summed E-state index contributed by atoms with van der Waals surface area (Å²) in [5.74, 6) is -0.269. The molecule has 0 radical (unpaired) electrons.